The number of allylic oxidation sites excluding steroid dienone is 1. The summed E-state index contributed by atoms with van der Waals surface area (Å²) in [5, 5.41) is 0. The predicted molar refractivity (Wildman–Crippen MR) is 65.4 cm³/mol. The van der Waals surface area contributed by atoms with Crippen molar-refractivity contribution >= 4 is 11.9 Å². The zero-order valence-corrected chi connectivity index (χ0v) is 10.9. The summed E-state index contributed by atoms with van der Waals surface area (Å²) in [5.74, 6) is -0.705. The fourth-order valence-electron chi connectivity index (χ4n) is 2.04. The van der Waals surface area contributed by atoms with Crippen molar-refractivity contribution in [3.8, 4) is 0 Å². The Morgan fingerprint density at radius 3 is 2.24 bits per heavy atom. The Bertz CT molecular complexity index is 324. The summed E-state index contributed by atoms with van der Waals surface area (Å²) in [6.07, 6.45) is 4.97. The second-order valence-corrected chi connectivity index (χ2v) is 4.46. The fraction of sp³-hybridized carbons (Fsp3) is 0.692. The van der Waals surface area contributed by atoms with Crippen LogP contribution in [0.4, 0.5) is 0 Å². The molecule has 1 fully saturated rings. The fourth-order valence-corrected chi connectivity index (χ4v) is 2.04. The van der Waals surface area contributed by atoms with Gasteiger partial charge in [0, 0.05) is 14.1 Å². The van der Waals surface area contributed by atoms with E-state index in [0.29, 0.717) is 6.61 Å². The smallest absolute Gasteiger partial charge is 0.343 e. The van der Waals surface area contributed by atoms with Gasteiger partial charge in [-0.1, -0.05) is 12.0 Å². The first kappa shape index (κ1) is 13.7. The van der Waals surface area contributed by atoms with E-state index in [4.69, 9.17) is 4.74 Å². The molecule has 0 atom stereocenters. The van der Waals surface area contributed by atoms with Crippen molar-refractivity contribution in [3.05, 3.63) is 11.1 Å². The molecule has 0 aromatic heterocycles. The molecular weight excluding hydrogens is 218 g/mol. The van der Waals surface area contributed by atoms with E-state index in [9.17, 15) is 9.59 Å². The van der Waals surface area contributed by atoms with E-state index in [1.165, 1.54) is 11.3 Å². The summed E-state index contributed by atoms with van der Waals surface area (Å²) < 4.78 is 4.98. The molecule has 0 unspecified atom stereocenters. The molecule has 4 heteroatoms. The van der Waals surface area contributed by atoms with Crippen LogP contribution in [0.5, 0.6) is 0 Å². The first-order valence-corrected chi connectivity index (χ1v) is 6.18. The number of nitrogens with zero attached hydrogens (tertiary/aromatic N) is 1. The Kier molecular flexibility index (Phi) is 5.19. The summed E-state index contributed by atoms with van der Waals surface area (Å²) in [6.45, 7) is 2.05. The van der Waals surface area contributed by atoms with Crippen molar-refractivity contribution in [1.82, 2.24) is 4.90 Å². The number of ether oxygens (including phenoxy) is 1. The predicted octanol–water partition coefficient (Wildman–Crippen LogP) is 1.90. The van der Waals surface area contributed by atoms with Crippen LogP contribution in [0, 0.1) is 0 Å². The van der Waals surface area contributed by atoms with Gasteiger partial charge in [0.05, 0.1) is 6.61 Å². The number of carbonyl (C=O) groups is 2. The third kappa shape index (κ3) is 3.58. The van der Waals surface area contributed by atoms with Crippen LogP contribution in [0.1, 0.15) is 39.0 Å². The highest BCUT2D eigenvalue weighted by molar-refractivity contribution is 6.16. The maximum atomic E-state index is 12.0. The van der Waals surface area contributed by atoms with Gasteiger partial charge in [0.15, 0.2) is 0 Å². The maximum Gasteiger partial charge on any atom is 0.343 e. The van der Waals surface area contributed by atoms with Gasteiger partial charge in [-0.05, 0) is 32.6 Å². The van der Waals surface area contributed by atoms with E-state index in [1.54, 1.807) is 21.0 Å². The molecule has 17 heavy (non-hydrogen) atoms. The molecule has 0 heterocycles. The van der Waals surface area contributed by atoms with Gasteiger partial charge in [0.1, 0.15) is 5.57 Å². The van der Waals surface area contributed by atoms with Gasteiger partial charge in [-0.3, -0.25) is 4.79 Å². The van der Waals surface area contributed by atoms with Crippen LogP contribution >= 0.6 is 0 Å². The van der Waals surface area contributed by atoms with E-state index in [2.05, 4.69) is 0 Å². The third-order valence-electron chi connectivity index (χ3n) is 2.91. The van der Waals surface area contributed by atoms with Crippen LogP contribution in [0.15, 0.2) is 11.1 Å². The number of rotatable bonds is 3. The lowest BCUT2D eigenvalue weighted by atomic mass is 9.90. The molecule has 0 saturated heterocycles. The van der Waals surface area contributed by atoms with Crippen LogP contribution in [-0.4, -0.2) is 37.5 Å². The van der Waals surface area contributed by atoms with Crippen LogP contribution in [0.25, 0.3) is 0 Å². The molecule has 96 valence electrons. The van der Waals surface area contributed by atoms with E-state index in [-0.39, 0.29) is 11.5 Å². The molecular formula is C13H21NO3. The maximum absolute atomic E-state index is 12.0. The molecule has 0 aromatic carbocycles. The molecule has 0 aliphatic heterocycles. The van der Waals surface area contributed by atoms with Crippen LogP contribution in [0.2, 0.25) is 0 Å². The molecule has 0 radical (unpaired) electrons. The topological polar surface area (TPSA) is 46.6 Å². The average Bonchev–Trinajstić information content (AvgIpc) is 2.31. The summed E-state index contributed by atoms with van der Waals surface area (Å²) >= 11 is 0. The van der Waals surface area contributed by atoms with Crippen LogP contribution < -0.4 is 0 Å². The lowest BCUT2D eigenvalue weighted by molar-refractivity contribution is -0.141. The number of hydrogen-bond acceptors (Lipinski definition) is 3. The Hall–Kier alpha value is -1.32. The Balaban J connectivity index is 3.00. The minimum absolute atomic E-state index is 0.236. The van der Waals surface area contributed by atoms with Crippen LogP contribution in [0.3, 0.4) is 0 Å². The monoisotopic (exact) mass is 239 g/mol. The lowest BCUT2D eigenvalue weighted by Crippen LogP contribution is -2.30. The first-order chi connectivity index (χ1) is 8.07. The molecule has 0 N–H and O–H groups in total. The zero-order valence-electron chi connectivity index (χ0n) is 10.9. The number of hydrogen-bond donors (Lipinski definition) is 0. The molecule has 0 bridgehead atoms. The van der Waals surface area contributed by atoms with Gasteiger partial charge in [-0.2, -0.15) is 0 Å². The van der Waals surface area contributed by atoms with Crippen molar-refractivity contribution in [3.63, 3.8) is 0 Å². The zero-order chi connectivity index (χ0) is 12.8. The average molecular weight is 239 g/mol. The quantitative estimate of drug-likeness (QED) is 0.327. The van der Waals surface area contributed by atoms with Gasteiger partial charge < -0.3 is 9.64 Å². The van der Waals surface area contributed by atoms with Crippen molar-refractivity contribution in [2.45, 2.75) is 39.0 Å². The second kappa shape index (κ2) is 6.42. The Morgan fingerprint density at radius 1 is 1.18 bits per heavy atom. The standard InChI is InChI=1S/C13H21NO3/c1-4-17-13(16)11(12(15)14(2)3)10-8-6-5-7-9-10/h4-9H2,1-3H3. The van der Waals surface area contributed by atoms with Gasteiger partial charge in [0.25, 0.3) is 5.91 Å². The SMILES string of the molecule is CCOC(=O)C(C(=O)N(C)C)=C1CCCCC1. The third-order valence-corrected chi connectivity index (χ3v) is 2.91. The van der Waals surface area contributed by atoms with Gasteiger partial charge in [-0.15, -0.1) is 0 Å². The lowest BCUT2D eigenvalue weighted by Gasteiger charge is -2.20. The largest absolute Gasteiger partial charge is 0.462 e. The number of likely N-dealkylation sites (N-methyl/N-ethyl adjacent to an activating group) is 1. The highest BCUT2D eigenvalue weighted by Crippen LogP contribution is 2.27. The van der Waals surface area contributed by atoms with E-state index < -0.39 is 5.97 Å². The Morgan fingerprint density at radius 2 is 1.76 bits per heavy atom. The molecule has 1 saturated carbocycles. The van der Waals surface area contributed by atoms with Gasteiger partial charge in [-0.25, -0.2) is 4.79 Å². The van der Waals surface area contributed by atoms with Crippen molar-refractivity contribution in [2.75, 3.05) is 20.7 Å². The molecule has 0 aromatic rings. The summed E-state index contributed by atoms with van der Waals surface area (Å²) in [6, 6.07) is 0. The molecule has 1 amide bonds. The molecule has 1 aliphatic carbocycles. The number of carbonyl (C=O) groups excluding carboxylic acids is 2. The van der Waals surface area contributed by atoms with E-state index in [0.717, 1.165) is 31.3 Å². The molecule has 1 rings (SSSR count). The highest BCUT2D eigenvalue weighted by Gasteiger charge is 2.26. The van der Waals surface area contributed by atoms with Gasteiger partial charge >= 0.3 is 5.97 Å². The van der Waals surface area contributed by atoms with Crippen molar-refractivity contribution < 1.29 is 14.3 Å². The normalized spacial score (nSPS) is 15.4. The minimum atomic E-state index is -0.469. The minimum Gasteiger partial charge on any atom is -0.462 e. The van der Waals surface area contributed by atoms with Crippen LogP contribution in [-0.2, 0) is 14.3 Å². The van der Waals surface area contributed by atoms with Crippen molar-refractivity contribution in [1.29, 1.82) is 0 Å². The van der Waals surface area contributed by atoms with Gasteiger partial charge in [0.2, 0.25) is 0 Å². The Labute approximate surface area is 103 Å². The van der Waals surface area contributed by atoms with Crippen molar-refractivity contribution in [2.24, 2.45) is 0 Å². The summed E-state index contributed by atoms with van der Waals surface area (Å²) in [5.41, 5.74) is 1.23. The molecule has 0 spiro atoms. The number of esters is 1. The first-order valence-electron chi connectivity index (χ1n) is 6.18. The summed E-state index contributed by atoms with van der Waals surface area (Å²) in [7, 11) is 3.32. The van der Waals surface area contributed by atoms with E-state index >= 15 is 0 Å². The number of amides is 1. The second-order valence-electron chi connectivity index (χ2n) is 4.46. The summed E-state index contributed by atoms with van der Waals surface area (Å²) in [4.78, 5) is 25.3. The molecule has 1 aliphatic rings. The highest BCUT2D eigenvalue weighted by atomic mass is 16.5. The van der Waals surface area contributed by atoms with E-state index in [1.807, 2.05) is 0 Å². The molecule has 4 nitrogen and oxygen atoms in total.